The third-order valence-corrected chi connectivity index (χ3v) is 2.27. The predicted octanol–water partition coefficient (Wildman–Crippen LogP) is 2.33. The minimum atomic E-state index is 0.575. The molecule has 0 spiro atoms. The van der Waals surface area contributed by atoms with Crippen molar-refractivity contribution in [2.75, 3.05) is 0 Å². The molecule has 0 atom stereocenters. The van der Waals surface area contributed by atoms with Crippen molar-refractivity contribution in [1.82, 2.24) is 0 Å². The molecule has 0 fully saturated rings. The van der Waals surface area contributed by atoms with Crippen LogP contribution in [0.1, 0.15) is 46.1 Å². The lowest BCUT2D eigenvalue weighted by atomic mass is 10.0. The van der Waals surface area contributed by atoms with Crippen molar-refractivity contribution in [2.24, 2.45) is 5.73 Å². The molecule has 0 unspecified atom stereocenters. The Labute approximate surface area is 93.3 Å². The normalized spacial score (nSPS) is 12.7. The largest absolute Gasteiger partial charge is 0.404 e. The van der Waals surface area contributed by atoms with Crippen molar-refractivity contribution in [2.45, 2.75) is 40.5 Å². The van der Waals surface area contributed by atoms with Gasteiger partial charge in [-0.1, -0.05) is 52.0 Å². The van der Waals surface area contributed by atoms with E-state index in [4.69, 9.17) is 5.73 Å². The van der Waals surface area contributed by atoms with Gasteiger partial charge in [0.2, 0.25) is 0 Å². The van der Waals surface area contributed by atoms with E-state index >= 15 is 0 Å². The summed E-state index contributed by atoms with van der Waals surface area (Å²) in [6, 6.07) is 6.41. The summed E-state index contributed by atoms with van der Waals surface area (Å²) in [6.45, 7) is 10.4. The minimum Gasteiger partial charge on any atom is -0.404 e. The second-order valence-corrected chi connectivity index (χ2v) is 3.50. The summed E-state index contributed by atoms with van der Waals surface area (Å²) in [5, 5.41) is 2.32. The van der Waals surface area contributed by atoms with Crippen LogP contribution in [0.5, 0.6) is 0 Å². The van der Waals surface area contributed by atoms with Crippen LogP contribution < -0.4 is 16.2 Å². The average Bonchev–Trinajstić information content (AvgIpc) is 2.30. The van der Waals surface area contributed by atoms with Crippen molar-refractivity contribution in [3.8, 4) is 0 Å². The third-order valence-electron chi connectivity index (χ3n) is 2.27. The molecule has 1 aromatic rings. The van der Waals surface area contributed by atoms with Crippen LogP contribution in [0.15, 0.2) is 18.2 Å². The van der Waals surface area contributed by atoms with E-state index in [2.05, 4.69) is 38.1 Å². The molecule has 0 aromatic heterocycles. The second kappa shape index (κ2) is 7.10. The topological polar surface area (TPSA) is 26.0 Å². The molecule has 0 radical (unpaired) electrons. The molecule has 0 heterocycles. The Bertz CT molecular complexity index is 388. The second-order valence-electron chi connectivity index (χ2n) is 3.50. The van der Waals surface area contributed by atoms with Gasteiger partial charge in [0.05, 0.1) is 0 Å². The first-order valence-corrected chi connectivity index (χ1v) is 5.67. The molecule has 1 rings (SSSR count). The number of rotatable bonds is 1. The van der Waals surface area contributed by atoms with Crippen LogP contribution in [0.3, 0.4) is 0 Å². The molecule has 1 nitrogen and oxygen atoms in total. The molecule has 2 N–H and O–H groups in total. The van der Waals surface area contributed by atoms with Crippen LogP contribution in [-0.4, -0.2) is 0 Å². The summed E-state index contributed by atoms with van der Waals surface area (Å²) in [5.74, 6) is 0.575. The van der Waals surface area contributed by atoms with Crippen LogP contribution in [0.2, 0.25) is 0 Å². The van der Waals surface area contributed by atoms with Crippen LogP contribution in [0.25, 0.3) is 12.3 Å². The highest BCUT2D eigenvalue weighted by molar-refractivity contribution is 5.32. The van der Waals surface area contributed by atoms with Crippen molar-refractivity contribution < 1.29 is 0 Å². The van der Waals surface area contributed by atoms with Gasteiger partial charge >= 0.3 is 0 Å². The Morgan fingerprint density at radius 1 is 1.13 bits per heavy atom. The fraction of sp³-hybridized carbons (Fsp3) is 0.429. The van der Waals surface area contributed by atoms with Crippen molar-refractivity contribution in [1.29, 1.82) is 0 Å². The minimum absolute atomic E-state index is 0.575. The number of benzene rings is 1. The third kappa shape index (κ3) is 3.78. The molecule has 1 aromatic carbocycles. The van der Waals surface area contributed by atoms with E-state index in [1.54, 1.807) is 6.20 Å². The predicted molar refractivity (Wildman–Crippen MR) is 69.9 cm³/mol. The summed E-state index contributed by atoms with van der Waals surface area (Å²) in [6.07, 6.45) is 3.74. The average molecular weight is 205 g/mol. The standard InChI is InChI=1S/C12H17N.C2H6/c1-4-10-7-11(9(2)3)5-6-12(10)8-13;1-2/h4-9H,13H2,1-3H3;1-2H3/b10-4-,12-8-;. The van der Waals surface area contributed by atoms with Crippen LogP contribution in [0.4, 0.5) is 0 Å². The highest BCUT2D eigenvalue weighted by Gasteiger charge is 1.97. The van der Waals surface area contributed by atoms with E-state index in [0.717, 1.165) is 5.22 Å². The molecule has 15 heavy (non-hydrogen) atoms. The molecule has 0 bridgehead atoms. The van der Waals surface area contributed by atoms with Gasteiger partial charge in [-0.15, -0.1) is 0 Å². The lowest BCUT2D eigenvalue weighted by Crippen LogP contribution is -2.26. The van der Waals surface area contributed by atoms with Crippen molar-refractivity contribution >= 4 is 12.3 Å². The van der Waals surface area contributed by atoms with E-state index in [9.17, 15) is 0 Å². The fourth-order valence-corrected chi connectivity index (χ4v) is 1.35. The first kappa shape index (κ1) is 13.8. The number of nitrogens with two attached hydrogens (primary N) is 1. The summed E-state index contributed by atoms with van der Waals surface area (Å²) in [4.78, 5) is 0. The molecule has 0 amide bonds. The molecule has 0 aliphatic heterocycles. The zero-order chi connectivity index (χ0) is 11.8. The molecule has 1 heteroatoms. The summed E-state index contributed by atoms with van der Waals surface area (Å²) < 4.78 is 0. The summed E-state index contributed by atoms with van der Waals surface area (Å²) in [7, 11) is 0. The number of hydrogen-bond acceptors (Lipinski definition) is 1. The van der Waals surface area contributed by atoms with Gasteiger partial charge in [-0.2, -0.15) is 0 Å². The Morgan fingerprint density at radius 3 is 2.13 bits per heavy atom. The Kier molecular flexibility index (Phi) is 6.52. The van der Waals surface area contributed by atoms with Gasteiger partial charge in [-0.05, 0) is 28.8 Å². The molecule has 84 valence electrons. The van der Waals surface area contributed by atoms with Gasteiger partial charge < -0.3 is 5.73 Å². The van der Waals surface area contributed by atoms with Crippen molar-refractivity contribution in [3.05, 3.63) is 34.2 Å². The van der Waals surface area contributed by atoms with E-state index in [1.807, 2.05) is 20.8 Å². The van der Waals surface area contributed by atoms with Gasteiger partial charge in [0.1, 0.15) is 0 Å². The Morgan fingerprint density at radius 2 is 1.73 bits per heavy atom. The van der Waals surface area contributed by atoms with Gasteiger partial charge in [-0.3, -0.25) is 0 Å². The maximum Gasteiger partial charge on any atom is 0.00174 e. The monoisotopic (exact) mass is 205 g/mol. The first-order valence-electron chi connectivity index (χ1n) is 5.67. The highest BCUT2D eigenvalue weighted by atomic mass is 14.5. The molecular formula is C14H23N. The van der Waals surface area contributed by atoms with Crippen molar-refractivity contribution in [3.63, 3.8) is 0 Å². The maximum absolute atomic E-state index is 5.51. The summed E-state index contributed by atoms with van der Waals surface area (Å²) in [5.41, 5.74) is 6.87. The molecule has 0 aliphatic carbocycles. The van der Waals surface area contributed by atoms with Crippen LogP contribution in [0, 0.1) is 0 Å². The number of hydrogen-bond donors (Lipinski definition) is 1. The quantitative estimate of drug-likeness (QED) is 0.748. The van der Waals surface area contributed by atoms with E-state index in [1.165, 1.54) is 10.8 Å². The molecular weight excluding hydrogens is 182 g/mol. The zero-order valence-corrected chi connectivity index (χ0v) is 10.5. The SMILES string of the molecule is C/C=c1/cc(C(C)C)cc/c1=C/N.CC. The van der Waals surface area contributed by atoms with Gasteiger partial charge in [0.25, 0.3) is 0 Å². The molecule has 0 saturated carbocycles. The highest BCUT2D eigenvalue weighted by Crippen LogP contribution is 2.09. The fourth-order valence-electron chi connectivity index (χ4n) is 1.35. The lowest BCUT2D eigenvalue weighted by molar-refractivity contribution is 0.864. The van der Waals surface area contributed by atoms with E-state index in [0.29, 0.717) is 5.92 Å². The zero-order valence-electron chi connectivity index (χ0n) is 10.5. The van der Waals surface area contributed by atoms with Gasteiger partial charge in [-0.25, -0.2) is 0 Å². The van der Waals surface area contributed by atoms with E-state index in [-0.39, 0.29) is 0 Å². The van der Waals surface area contributed by atoms with Crippen LogP contribution in [-0.2, 0) is 0 Å². The van der Waals surface area contributed by atoms with Crippen LogP contribution >= 0.6 is 0 Å². The molecule has 0 aliphatic rings. The Balaban J connectivity index is 0.000000921. The first-order chi connectivity index (χ1) is 7.19. The lowest BCUT2D eigenvalue weighted by Gasteiger charge is -2.04. The smallest absolute Gasteiger partial charge is 0.00174 e. The van der Waals surface area contributed by atoms with Gasteiger partial charge in [0, 0.05) is 6.20 Å². The Hall–Kier alpha value is -1.24. The maximum atomic E-state index is 5.51. The van der Waals surface area contributed by atoms with E-state index < -0.39 is 0 Å². The van der Waals surface area contributed by atoms with Gasteiger partial charge in [0.15, 0.2) is 0 Å². The molecule has 0 saturated heterocycles. The summed E-state index contributed by atoms with van der Waals surface area (Å²) >= 11 is 0.